The van der Waals surface area contributed by atoms with Crippen LogP contribution in [0.2, 0.25) is 0 Å². The maximum atomic E-state index is 11.5. The normalized spacial score (nSPS) is 10.5. The Bertz CT molecular complexity index is 610. The van der Waals surface area contributed by atoms with Gasteiger partial charge >= 0.3 is 0 Å². The van der Waals surface area contributed by atoms with Crippen molar-refractivity contribution in [1.82, 2.24) is 15.5 Å². The lowest BCUT2D eigenvalue weighted by molar-refractivity contribution is -0.121. The highest BCUT2D eigenvalue weighted by atomic mass is 16.5. The van der Waals surface area contributed by atoms with Crippen molar-refractivity contribution in [1.29, 1.82) is 0 Å². The van der Waals surface area contributed by atoms with E-state index in [4.69, 9.17) is 9.26 Å². The highest BCUT2D eigenvalue weighted by molar-refractivity contribution is 5.75. The van der Waals surface area contributed by atoms with E-state index in [1.54, 1.807) is 7.11 Å². The number of hydrogen-bond acceptors (Lipinski definition) is 5. The fourth-order valence-corrected chi connectivity index (χ4v) is 2.03. The molecule has 0 fully saturated rings. The van der Waals surface area contributed by atoms with Crippen LogP contribution in [0.5, 0.6) is 5.75 Å². The van der Waals surface area contributed by atoms with Crippen LogP contribution in [0, 0.1) is 0 Å². The second-order valence-electron chi connectivity index (χ2n) is 4.92. The molecule has 0 aliphatic rings. The van der Waals surface area contributed by atoms with E-state index >= 15 is 0 Å². The molecule has 0 unspecified atom stereocenters. The maximum absolute atomic E-state index is 11.5. The van der Waals surface area contributed by atoms with Crippen LogP contribution in [0.3, 0.4) is 0 Å². The average Bonchev–Trinajstić information content (AvgIpc) is 3.01. The van der Waals surface area contributed by atoms with Gasteiger partial charge in [-0.15, -0.1) is 0 Å². The number of methoxy groups -OCH3 is 1. The van der Waals surface area contributed by atoms with Gasteiger partial charge in [0.1, 0.15) is 5.75 Å². The first-order valence-corrected chi connectivity index (χ1v) is 7.47. The van der Waals surface area contributed by atoms with E-state index < -0.39 is 0 Å². The lowest BCUT2D eigenvalue weighted by Gasteiger charge is -2.03. The van der Waals surface area contributed by atoms with Crippen LogP contribution in [0.1, 0.15) is 32.1 Å². The number of nitrogens with zero attached hydrogens (tertiary/aromatic N) is 2. The number of carbonyl (C=O) groups is 1. The van der Waals surface area contributed by atoms with Gasteiger partial charge in [0, 0.05) is 19.4 Å². The summed E-state index contributed by atoms with van der Waals surface area (Å²) in [6, 6.07) is 7.50. The molecular weight excluding hydrogens is 282 g/mol. The standard InChI is InChI=1S/C16H21N3O3/c1-3-4-9-14(20)17-11-10-15-18-16(19-22-15)12-7-5-6-8-13(12)21-2/h5-8H,3-4,9-11H2,1-2H3,(H,17,20). The second kappa shape index (κ2) is 8.17. The Morgan fingerprint density at radius 3 is 2.95 bits per heavy atom. The van der Waals surface area contributed by atoms with Crippen molar-refractivity contribution in [2.24, 2.45) is 0 Å². The number of amides is 1. The zero-order chi connectivity index (χ0) is 15.8. The van der Waals surface area contributed by atoms with Crippen LogP contribution in [0.15, 0.2) is 28.8 Å². The van der Waals surface area contributed by atoms with E-state index in [-0.39, 0.29) is 5.91 Å². The molecule has 118 valence electrons. The number of hydrogen-bond donors (Lipinski definition) is 1. The molecule has 6 heteroatoms. The Morgan fingerprint density at radius 1 is 1.36 bits per heavy atom. The second-order valence-corrected chi connectivity index (χ2v) is 4.92. The van der Waals surface area contributed by atoms with Crippen molar-refractivity contribution in [3.8, 4) is 17.1 Å². The Morgan fingerprint density at radius 2 is 2.18 bits per heavy atom. The highest BCUT2D eigenvalue weighted by Gasteiger charge is 2.12. The van der Waals surface area contributed by atoms with E-state index in [9.17, 15) is 4.79 Å². The molecule has 0 bridgehead atoms. The number of ether oxygens (including phenoxy) is 1. The third kappa shape index (κ3) is 4.31. The third-order valence-electron chi connectivity index (χ3n) is 3.23. The van der Waals surface area contributed by atoms with E-state index in [2.05, 4.69) is 22.4 Å². The van der Waals surface area contributed by atoms with Crippen LogP contribution < -0.4 is 10.1 Å². The molecule has 2 rings (SSSR count). The van der Waals surface area contributed by atoms with Crippen molar-refractivity contribution in [2.75, 3.05) is 13.7 Å². The van der Waals surface area contributed by atoms with Gasteiger partial charge in [0.15, 0.2) is 0 Å². The van der Waals surface area contributed by atoms with Crippen molar-refractivity contribution in [2.45, 2.75) is 32.6 Å². The van der Waals surface area contributed by atoms with Gasteiger partial charge in [-0.1, -0.05) is 30.6 Å². The Hall–Kier alpha value is -2.37. The predicted octanol–water partition coefficient (Wildman–Crippen LogP) is 2.59. The molecule has 0 spiro atoms. The fraction of sp³-hybridized carbons (Fsp3) is 0.438. The van der Waals surface area contributed by atoms with Gasteiger partial charge in [0.05, 0.1) is 12.7 Å². The molecule has 6 nitrogen and oxygen atoms in total. The van der Waals surface area contributed by atoms with Crippen LogP contribution in [0.25, 0.3) is 11.4 Å². The first-order chi connectivity index (χ1) is 10.7. The maximum Gasteiger partial charge on any atom is 0.228 e. The van der Waals surface area contributed by atoms with Crippen molar-refractivity contribution in [3.63, 3.8) is 0 Å². The van der Waals surface area contributed by atoms with Gasteiger partial charge in [-0.25, -0.2) is 0 Å². The van der Waals surface area contributed by atoms with Gasteiger partial charge in [-0.2, -0.15) is 4.98 Å². The van der Waals surface area contributed by atoms with E-state index in [0.717, 1.165) is 18.4 Å². The molecule has 1 aromatic heterocycles. The summed E-state index contributed by atoms with van der Waals surface area (Å²) in [7, 11) is 1.60. The minimum absolute atomic E-state index is 0.0614. The van der Waals surface area contributed by atoms with Crippen molar-refractivity contribution in [3.05, 3.63) is 30.2 Å². The topological polar surface area (TPSA) is 77.2 Å². The summed E-state index contributed by atoms with van der Waals surface area (Å²) >= 11 is 0. The molecule has 0 aliphatic carbocycles. The minimum atomic E-state index is 0.0614. The number of unbranched alkanes of at least 4 members (excludes halogenated alkanes) is 1. The number of para-hydroxylation sites is 1. The molecular formula is C16H21N3O3. The molecule has 1 amide bonds. The monoisotopic (exact) mass is 303 g/mol. The number of nitrogens with one attached hydrogen (secondary N) is 1. The fourth-order valence-electron chi connectivity index (χ4n) is 2.03. The molecule has 0 aliphatic heterocycles. The zero-order valence-electron chi connectivity index (χ0n) is 13.0. The van der Waals surface area contributed by atoms with Gasteiger partial charge in [-0.3, -0.25) is 4.79 Å². The average molecular weight is 303 g/mol. The number of aromatic nitrogens is 2. The predicted molar refractivity (Wildman–Crippen MR) is 82.5 cm³/mol. The summed E-state index contributed by atoms with van der Waals surface area (Å²) in [5.41, 5.74) is 0.784. The first kappa shape index (κ1) is 16.0. The van der Waals surface area contributed by atoms with Gasteiger partial charge in [-0.05, 0) is 18.6 Å². The van der Waals surface area contributed by atoms with Crippen LogP contribution in [-0.4, -0.2) is 29.7 Å². The summed E-state index contributed by atoms with van der Waals surface area (Å²) in [6.45, 7) is 2.56. The molecule has 0 saturated heterocycles. The summed E-state index contributed by atoms with van der Waals surface area (Å²) in [6.07, 6.45) is 3.00. The zero-order valence-corrected chi connectivity index (χ0v) is 13.0. The largest absolute Gasteiger partial charge is 0.496 e. The molecule has 1 N–H and O–H groups in total. The minimum Gasteiger partial charge on any atom is -0.496 e. The SMILES string of the molecule is CCCCC(=O)NCCc1nc(-c2ccccc2OC)no1. The molecule has 22 heavy (non-hydrogen) atoms. The van der Waals surface area contributed by atoms with Crippen LogP contribution in [-0.2, 0) is 11.2 Å². The van der Waals surface area contributed by atoms with Gasteiger partial charge in [0.25, 0.3) is 0 Å². The molecule has 1 aromatic carbocycles. The summed E-state index contributed by atoms with van der Waals surface area (Å²) in [5.74, 6) is 1.75. The molecule has 0 atom stereocenters. The van der Waals surface area contributed by atoms with Gasteiger partial charge < -0.3 is 14.6 Å². The number of carbonyl (C=O) groups excluding carboxylic acids is 1. The summed E-state index contributed by atoms with van der Waals surface area (Å²) < 4.78 is 10.5. The third-order valence-corrected chi connectivity index (χ3v) is 3.23. The molecule has 0 saturated carbocycles. The Balaban J connectivity index is 1.90. The Labute approximate surface area is 129 Å². The van der Waals surface area contributed by atoms with E-state index in [1.165, 1.54) is 0 Å². The number of rotatable bonds is 8. The van der Waals surface area contributed by atoms with Crippen LogP contribution >= 0.6 is 0 Å². The highest BCUT2D eigenvalue weighted by Crippen LogP contribution is 2.26. The molecule has 1 heterocycles. The first-order valence-electron chi connectivity index (χ1n) is 7.47. The Kier molecular flexibility index (Phi) is 5.94. The lowest BCUT2D eigenvalue weighted by atomic mass is 10.2. The number of benzene rings is 1. The molecule has 2 aromatic rings. The van der Waals surface area contributed by atoms with E-state index in [1.807, 2.05) is 24.3 Å². The van der Waals surface area contributed by atoms with E-state index in [0.29, 0.717) is 36.9 Å². The molecule has 0 radical (unpaired) electrons. The van der Waals surface area contributed by atoms with Crippen molar-refractivity contribution < 1.29 is 14.1 Å². The lowest BCUT2D eigenvalue weighted by Crippen LogP contribution is -2.25. The smallest absolute Gasteiger partial charge is 0.228 e. The van der Waals surface area contributed by atoms with Crippen LogP contribution in [0.4, 0.5) is 0 Å². The quantitative estimate of drug-likeness (QED) is 0.811. The van der Waals surface area contributed by atoms with Crippen molar-refractivity contribution >= 4 is 5.91 Å². The van der Waals surface area contributed by atoms with Gasteiger partial charge in [0.2, 0.25) is 17.6 Å². The summed E-state index contributed by atoms with van der Waals surface area (Å²) in [5, 5.41) is 6.81. The summed E-state index contributed by atoms with van der Waals surface area (Å²) in [4.78, 5) is 15.8.